The Labute approximate surface area is 168 Å². The van der Waals surface area contributed by atoms with Gasteiger partial charge in [-0.15, -0.1) is 0 Å². The van der Waals surface area contributed by atoms with Crippen LogP contribution in [0.3, 0.4) is 0 Å². The van der Waals surface area contributed by atoms with Crippen molar-refractivity contribution < 1.29 is 19.1 Å². The zero-order valence-corrected chi connectivity index (χ0v) is 16.6. The summed E-state index contributed by atoms with van der Waals surface area (Å²) in [5, 5.41) is 3.00. The zero-order valence-electron chi connectivity index (χ0n) is 16.6. The minimum absolute atomic E-state index is 0.0358. The van der Waals surface area contributed by atoms with Gasteiger partial charge in [-0.3, -0.25) is 14.5 Å². The summed E-state index contributed by atoms with van der Waals surface area (Å²) in [6.07, 6.45) is 0.536. The standard InChI is InChI=1S/C20H24N4O5/c1-20(2,3)18(26)28-11-14-9-21-16-15(17(25)23-12-22-16)24(14)19(27)29-10-13-7-5-4-6-8-13/h4-8,12,14H,9-11H2,1-3H3,(H2,21,22,23,25). The van der Waals surface area contributed by atoms with Crippen LogP contribution in [-0.2, 0) is 20.9 Å². The van der Waals surface area contributed by atoms with Crippen molar-refractivity contribution in [3.8, 4) is 0 Å². The highest BCUT2D eigenvalue weighted by Gasteiger charge is 2.37. The van der Waals surface area contributed by atoms with Crippen LogP contribution in [-0.4, -0.2) is 41.2 Å². The third-order valence-corrected chi connectivity index (χ3v) is 4.36. The second-order valence-corrected chi connectivity index (χ2v) is 7.72. The van der Waals surface area contributed by atoms with Crippen molar-refractivity contribution in [2.45, 2.75) is 33.4 Å². The van der Waals surface area contributed by atoms with Gasteiger partial charge in [-0.25, -0.2) is 9.78 Å². The molecule has 29 heavy (non-hydrogen) atoms. The van der Waals surface area contributed by atoms with Crippen LogP contribution in [0.1, 0.15) is 26.3 Å². The Balaban J connectivity index is 1.82. The lowest BCUT2D eigenvalue weighted by Gasteiger charge is -2.35. The first kappa shape index (κ1) is 20.4. The van der Waals surface area contributed by atoms with Gasteiger partial charge in [0, 0.05) is 6.54 Å². The first-order chi connectivity index (χ1) is 13.8. The average Bonchev–Trinajstić information content (AvgIpc) is 2.70. The van der Waals surface area contributed by atoms with Gasteiger partial charge in [-0.05, 0) is 26.3 Å². The van der Waals surface area contributed by atoms with Gasteiger partial charge in [0.05, 0.1) is 17.8 Å². The van der Waals surface area contributed by atoms with E-state index in [9.17, 15) is 14.4 Å². The van der Waals surface area contributed by atoms with Gasteiger partial charge in [0.1, 0.15) is 13.2 Å². The maximum Gasteiger partial charge on any atom is 0.415 e. The van der Waals surface area contributed by atoms with Crippen LogP contribution < -0.4 is 15.8 Å². The molecule has 0 saturated heterocycles. The molecule has 2 heterocycles. The lowest BCUT2D eigenvalue weighted by atomic mass is 9.97. The largest absolute Gasteiger partial charge is 0.463 e. The van der Waals surface area contributed by atoms with E-state index >= 15 is 0 Å². The van der Waals surface area contributed by atoms with Crippen molar-refractivity contribution in [3.63, 3.8) is 0 Å². The molecule has 0 aliphatic carbocycles. The molecule has 0 spiro atoms. The highest BCUT2D eigenvalue weighted by molar-refractivity contribution is 5.93. The lowest BCUT2D eigenvalue weighted by Crippen LogP contribution is -2.53. The smallest absolute Gasteiger partial charge is 0.415 e. The number of H-pyrrole nitrogens is 1. The van der Waals surface area contributed by atoms with Crippen molar-refractivity contribution in [3.05, 3.63) is 52.6 Å². The number of amides is 1. The quantitative estimate of drug-likeness (QED) is 0.757. The van der Waals surface area contributed by atoms with Crippen LogP contribution >= 0.6 is 0 Å². The number of nitrogens with zero attached hydrogens (tertiary/aromatic N) is 2. The van der Waals surface area contributed by atoms with E-state index < -0.39 is 29.1 Å². The SMILES string of the molecule is CC(C)(C)C(=O)OCC1CNc2nc[nH]c(=O)c2N1C(=O)OCc1ccccc1. The van der Waals surface area contributed by atoms with E-state index in [0.29, 0.717) is 0 Å². The van der Waals surface area contributed by atoms with Crippen LogP contribution in [0.5, 0.6) is 0 Å². The van der Waals surface area contributed by atoms with Gasteiger partial charge in [0.25, 0.3) is 5.56 Å². The molecule has 0 fully saturated rings. The molecule has 0 radical (unpaired) electrons. The highest BCUT2D eigenvalue weighted by atomic mass is 16.6. The summed E-state index contributed by atoms with van der Waals surface area (Å²) in [6.45, 7) is 5.43. The van der Waals surface area contributed by atoms with Crippen LogP contribution in [0.25, 0.3) is 0 Å². The van der Waals surface area contributed by atoms with E-state index in [4.69, 9.17) is 9.47 Å². The van der Waals surface area contributed by atoms with Crippen LogP contribution in [0.15, 0.2) is 41.5 Å². The fraction of sp³-hybridized carbons (Fsp3) is 0.400. The number of fused-ring (bicyclic) bond motifs is 1. The molecule has 1 aromatic heterocycles. The minimum atomic E-state index is -0.716. The van der Waals surface area contributed by atoms with Crippen molar-refractivity contribution in [2.75, 3.05) is 23.4 Å². The molecule has 1 aliphatic heterocycles. The molecular weight excluding hydrogens is 376 g/mol. The summed E-state index contributed by atoms with van der Waals surface area (Å²) in [6, 6.07) is 8.58. The van der Waals surface area contributed by atoms with Gasteiger partial charge in [-0.1, -0.05) is 30.3 Å². The first-order valence-electron chi connectivity index (χ1n) is 9.26. The summed E-state index contributed by atoms with van der Waals surface area (Å²) in [7, 11) is 0. The van der Waals surface area contributed by atoms with Gasteiger partial charge in [0.2, 0.25) is 0 Å². The number of carbonyl (C=O) groups excluding carboxylic acids is 2. The van der Waals surface area contributed by atoms with Gasteiger partial charge < -0.3 is 19.8 Å². The second kappa shape index (κ2) is 8.34. The summed E-state index contributed by atoms with van der Waals surface area (Å²) >= 11 is 0. The topological polar surface area (TPSA) is 114 Å². The number of nitrogens with one attached hydrogen (secondary N) is 2. The Bertz CT molecular complexity index is 936. The number of hydrogen-bond acceptors (Lipinski definition) is 7. The van der Waals surface area contributed by atoms with Crippen molar-refractivity contribution >= 4 is 23.6 Å². The molecule has 1 atom stereocenters. The molecule has 1 unspecified atom stereocenters. The summed E-state index contributed by atoms with van der Waals surface area (Å²) < 4.78 is 10.8. The summed E-state index contributed by atoms with van der Waals surface area (Å²) in [5.74, 6) is -0.134. The predicted octanol–water partition coefficient (Wildman–Crippen LogP) is 2.30. The van der Waals surface area contributed by atoms with Crippen LogP contribution in [0.2, 0.25) is 0 Å². The summed E-state index contributed by atoms with van der Waals surface area (Å²) in [5.41, 5.74) is -0.329. The molecule has 3 rings (SSSR count). The maximum absolute atomic E-state index is 12.9. The second-order valence-electron chi connectivity index (χ2n) is 7.72. The monoisotopic (exact) mass is 400 g/mol. The average molecular weight is 400 g/mol. The third kappa shape index (κ3) is 4.74. The molecule has 9 nitrogen and oxygen atoms in total. The highest BCUT2D eigenvalue weighted by Crippen LogP contribution is 2.27. The number of aromatic nitrogens is 2. The molecule has 2 aromatic rings. The van der Waals surface area contributed by atoms with E-state index in [0.717, 1.165) is 5.56 Å². The molecule has 1 aromatic carbocycles. The zero-order chi connectivity index (χ0) is 21.0. The molecular formula is C20H24N4O5. The molecule has 0 saturated carbocycles. The molecule has 9 heteroatoms. The summed E-state index contributed by atoms with van der Waals surface area (Å²) in [4.78, 5) is 45.2. The van der Waals surface area contributed by atoms with Crippen LogP contribution in [0.4, 0.5) is 16.3 Å². The number of aromatic amines is 1. The number of benzene rings is 1. The molecule has 1 amide bonds. The fourth-order valence-corrected chi connectivity index (χ4v) is 2.78. The van der Waals surface area contributed by atoms with E-state index in [1.807, 2.05) is 30.3 Å². The van der Waals surface area contributed by atoms with Gasteiger partial charge in [-0.2, -0.15) is 0 Å². The van der Waals surface area contributed by atoms with Crippen molar-refractivity contribution in [1.82, 2.24) is 9.97 Å². The Kier molecular flexibility index (Phi) is 5.86. The van der Waals surface area contributed by atoms with Gasteiger partial charge in [0.15, 0.2) is 11.5 Å². The fourth-order valence-electron chi connectivity index (χ4n) is 2.78. The van der Waals surface area contributed by atoms with E-state index in [1.165, 1.54) is 11.2 Å². The number of anilines is 2. The Morgan fingerprint density at radius 2 is 1.93 bits per heavy atom. The first-order valence-corrected chi connectivity index (χ1v) is 9.26. The molecule has 0 bridgehead atoms. The van der Waals surface area contributed by atoms with E-state index in [-0.39, 0.29) is 31.3 Å². The Morgan fingerprint density at radius 3 is 2.62 bits per heavy atom. The number of ether oxygens (including phenoxy) is 2. The van der Waals surface area contributed by atoms with E-state index in [2.05, 4.69) is 15.3 Å². The van der Waals surface area contributed by atoms with Crippen molar-refractivity contribution in [1.29, 1.82) is 0 Å². The molecule has 2 N–H and O–H groups in total. The number of rotatable bonds is 4. The molecule has 154 valence electrons. The van der Waals surface area contributed by atoms with Gasteiger partial charge >= 0.3 is 12.1 Å². The van der Waals surface area contributed by atoms with Crippen LogP contribution in [0, 0.1) is 5.41 Å². The number of carbonyl (C=O) groups is 2. The molecule has 1 aliphatic rings. The predicted molar refractivity (Wildman–Crippen MR) is 107 cm³/mol. The minimum Gasteiger partial charge on any atom is -0.463 e. The Hall–Kier alpha value is -3.36. The maximum atomic E-state index is 12.9. The lowest BCUT2D eigenvalue weighted by molar-refractivity contribution is -0.153. The van der Waals surface area contributed by atoms with E-state index in [1.54, 1.807) is 20.8 Å². The normalized spacial score (nSPS) is 15.8. The Morgan fingerprint density at radius 1 is 1.21 bits per heavy atom. The van der Waals surface area contributed by atoms with Crippen molar-refractivity contribution in [2.24, 2.45) is 5.41 Å². The number of hydrogen-bond donors (Lipinski definition) is 2. The third-order valence-electron chi connectivity index (χ3n) is 4.36. The number of esters is 1.